The minimum atomic E-state index is -0.558. The molecule has 2 atom stereocenters. The van der Waals surface area contributed by atoms with Crippen LogP contribution in [0.3, 0.4) is 0 Å². The second-order valence-corrected chi connectivity index (χ2v) is 10.2. The lowest BCUT2D eigenvalue weighted by molar-refractivity contribution is -0.120. The summed E-state index contributed by atoms with van der Waals surface area (Å²) >= 11 is 0. The van der Waals surface area contributed by atoms with Crippen molar-refractivity contribution in [3.63, 3.8) is 0 Å². The van der Waals surface area contributed by atoms with Gasteiger partial charge in [0.05, 0.1) is 17.0 Å². The molecule has 5 nitrogen and oxygen atoms in total. The normalized spacial score (nSPS) is 28.6. The number of carbonyl (C=O) groups is 1. The summed E-state index contributed by atoms with van der Waals surface area (Å²) in [6.45, 7) is 12.9. The third-order valence-electron chi connectivity index (χ3n) is 5.95. The molecule has 0 saturated carbocycles. The lowest BCUT2D eigenvalue weighted by Crippen LogP contribution is -2.55. The molecule has 0 aromatic heterocycles. The number of benzene rings is 1. The highest BCUT2D eigenvalue weighted by Crippen LogP contribution is 2.51. The van der Waals surface area contributed by atoms with Crippen LogP contribution >= 0.6 is 0 Å². The summed E-state index contributed by atoms with van der Waals surface area (Å²) < 4.78 is 0. The van der Waals surface area contributed by atoms with Crippen molar-refractivity contribution in [1.29, 1.82) is 0 Å². The second kappa shape index (κ2) is 6.03. The van der Waals surface area contributed by atoms with E-state index in [4.69, 9.17) is 0 Å². The third-order valence-corrected chi connectivity index (χ3v) is 5.95. The molecule has 0 spiro atoms. The van der Waals surface area contributed by atoms with Gasteiger partial charge in [-0.05, 0) is 38.2 Å². The zero-order valence-electron chi connectivity index (χ0n) is 17.7. The monoisotopic (exact) mass is 378 g/mol. The molecular weight excluding hydrogens is 348 g/mol. The number of dihydropyridines is 1. The number of nitrogens with zero attached hydrogens (tertiary/aromatic N) is 2. The Morgan fingerprint density at radius 2 is 1.82 bits per heavy atom. The van der Waals surface area contributed by atoms with Crippen LogP contribution < -0.4 is 10.6 Å². The van der Waals surface area contributed by atoms with Crippen LogP contribution in [-0.2, 0) is 10.2 Å². The van der Waals surface area contributed by atoms with Gasteiger partial charge in [-0.15, -0.1) is 5.11 Å². The maximum Gasteiger partial charge on any atom is 0.250 e. The number of azo groups is 1. The van der Waals surface area contributed by atoms with Crippen molar-refractivity contribution in [3.8, 4) is 0 Å². The van der Waals surface area contributed by atoms with Gasteiger partial charge in [-0.1, -0.05) is 51.1 Å². The van der Waals surface area contributed by atoms with Crippen molar-refractivity contribution in [1.82, 2.24) is 10.6 Å². The Labute approximate surface area is 167 Å². The fourth-order valence-corrected chi connectivity index (χ4v) is 4.85. The predicted octanol–water partition coefficient (Wildman–Crippen LogP) is 4.58. The van der Waals surface area contributed by atoms with Crippen molar-refractivity contribution >= 4 is 5.91 Å². The number of hydrogen-bond acceptors (Lipinski definition) is 4. The summed E-state index contributed by atoms with van der Waals surface area (Å²) in [6.07, 6.45) is 1.63. The van der Waals surface area contributed by atoms with Gasteiger partial charge in [0.2, 0.25) is 0 Å². The average Bonchev–Trinajstić information content (AvgIpc) is 2.95. The first-order valence-electron chi connectivity index (χ1n) is 10.1. The molecule has 5 heteroatoms. The summed E-state index contributed by atoms with van der Waals surface area (Å²) in [5, 5.41) is 15.9. The number of hydrogen-bond donors (Lipinski definition) is 2. The summed E-state index contributed by atoms with van der Waals surface area (Å²) in [6, 6.07) is 10.3. The molecule has 2 N–H and O–H groups in total. The van der Waals surface area contributed by atoms with E-state index in [1.54, 1.807) is 0 Å². The average molecular weight is 379 g/mol. The number of amides is 1. The summed E-state index contributed by atoms with van der Waals surface area (Å²) in [4.78, 5) is 13.3. The number of carbonyl (C=O) groups excluding carboxylic acids is 1. The molecular formula is C23H30N4O. The molecule has 1 amide bonds. The maximum atomic E-state index is 13.3. The van der Waals surface area contributed by atoms with Crippen molar-refractivity contribution in [2.24, 2.45) is 15.6 Å². The highest BCUT2D eigenvalue weighted by Gasteiger charge is 2.52. The Morgan fingerprint density at radius 3 is 2.46 bits per heavy atom. The van der Waals surface area contributed by atoms with Crippen LogP contribution in [0.4, 0.5) is 0 Å². The molecule has 1 aromatic carbocycles. The molecule has 0 aliphatic carbocycles. The molecule has 3 heterocycles. The maximum absolute atomic E-state index is 13.3. The summed E-state index contributed by atoms with van der Waals surface area (Å²) in [7, 11) is 0. The topological polar surface area (TPSA) is 65.8 Å². The van der Waals surface area contributed by atoms with Gasteiger partial charge in [0, 0.05) is 23.2 Å². The SMILES string of the molecule is CC(C)(C)CC1N=NC2=C1[C@](C)(c1ccccc1)C1=C(CC(C)(C)NC1=O)N2. The molecule has 1 aromatic rings. The zero-order chi connectivity index (χ0) is 20.3. The number of rotatable bonds is 2. The van der Waals surface area contributed by atoms with Crippen LogP contribution in [0.1, 0.15) is 59.9 Å². The molecule has 0 radical (unpaired) electrons. The standard InChI is InChI=1S/C23H30N4O/c1-21(2,3)12-16-17-19(27-26-16)24-15-13-22(4,5)25-20(28)18(15)23(17,6)14-10-8-7-9-11-14/h7-11,16,24H,12-13H2,1-6H3,(H,25,28)/t16?,23-/m0/s1. The highest BCUT2D eigenvalue weighted by atomic mass is 16.2. The van der Waals surface area contributed by atoms with Crippen molar-refractivity contribution in [3.05, 3.63) is 58.6 Å². The third kappa shape index (κ3) is 2.97. The lowest BCUT2D eigenvalue weighted by atomic mass is 9.63. The molecule has 0 saturated heterocycles. The van der Waals surface area contributed by atoms with Crippen LogP contribution in [0.2, 0.25) is 0 Å². The minimum Gasteiger partial charge on any atom is -0.347 e. The van der Waals surface area contributed by atoms with Crippen molar-refractivity contribution < 1.29 is 4.79 Å². The first-order chi connectivity index (χ1) is 13.0. The van der Waals surface area contributed by atoms with Crippen LogP contribution in [0.5, 0.6) is 0 Å². The summed E-state index contributed by atoms with van der Waals surface area (Å²) in [5.41, 5.74) is 3.25. The molecule has 3 aliphatic heterocycles. The minimum absolute atomic E-state index is 0.00179. The zero-order valence-corrected chi connectivity index (χ0v) is 17.7. The molecule has 0 bridgehead atoms. The predicted molar refractivity (Wildman–Crippen MR) is 111 cm³/mol. The van der Waals surface area contributed by atoms with Gasteiger partial charge in [-0.3, -0.25) is 4.79 Å². The van der Waals surface area contributed by atoms with E-state index in [9.17, 15) is 4.79 Å². The fourth-order valence-electron chi connectivity index (χ4n) is 4.85. The molecule has 148 valence electrons. The van der Waals surface area contributed by atoms with Gasteiger partial charge in [-0.2, -0.15) is 5.11 Å². The molecule has 0 fully saturated rings. The van der Waals surface area contributed by atoms with Crippen LogP contribution in [0, 0.1) is 5.41 Å². The van der Waals surface area contributed by atoms with E-state index in [-0.39, 0.29) is 22.9 Å². The van der Waals surface area contributed by atoms with Crippen LogP contribution in [-0.4, -0.2) is 17.5 Å². The van der Waals surface area contributed by atoms with Crippen LogP contribution in [0.15, 0.2) is 63.2 Å². The van der Waals surface area contributed by atoms with E-state index in [1.165, 1.54) is 0 Å². The van der Waals surface area contributed by atoms with Gasteiger partial charge in [0.1, 0.15) is 0 Å². The highest BCUT2D eigenvalue weighted by molar-refractivity contribution is 6.00. The van der Waals surface area contributed by atoms with E-state index < -0.39 is 5.41 Å². The Bertz CT molecular complexity index is 918. The van der Waals surface area contributed by atoms with Gasteiger partial charge >= 0.3 is 0 Å². The first-order valence-corrected chi connectivity index (χ1v) is 10.1. The van der Waals surface area contributed by atoms with Gasteiger partial charge < -0.3 is 10.6 Å². The second-order valence-electron chi connectivity index (χ2n) is 10.2. The smallest absolute Gasteiger partial charge is 0.250 e. The Morgan fingerprint density at radius 1 is 1.14 bits per heavy atom. The van der Waals surface area contributed by atoms with E-state index >= 15 is 0 Å². The first kappa shape index (κ1) is 18.9. The Balaban J connectivity index is 1.91. The van der Waals surface area contributed by atoms with E-state index in [2.05, 4.69) is 74.5 Å². The van der Waals surface area contributed by atoms with Crippen LogP contribution in [0.25, 0.3) is 0 Å². The Hall–Kier alpha value is -2.43. The van der Waals surface area contributed by atoms with Crippen molar-refractivity contribution in [2.75, 3.05) is 0 Å². The van der Waals surface area contributed by atoms with E-state index in [1.807, 2.05) is 18.2 Å². The summed E-state index contributed by atoms with van der Waals surface area (Å²) in [5.74, 6) is 0.822. The van der Waals surface area contributed by atoms with Gasteiger partial charge in [0.15, 0.2) is 5.82 Å². The molecule has 4 rings (SSSR count). The van der Waals surface area contributed by atoms with E-state index in [0.717, 1.165) is 41.1 Å². The molecule has 28 heavy (non-hydrogen) atoms. The largest absolute Gasteiger partial charge is 0.347 e. The lowest BCUT2D eigenvalue weighted by Gasteiger charge is -2.45. The fraction of sp³-hybridized carbons (Fsp3) is 0.522. The Kier molecular flexibility index (Phi) is 4.07. The quantitative estimate of drug-likeness (QED) is 0.791. The van der Waals surface area contributed by atoms with Gasteiger partial charge in [0.25, 0.3) is 5.91 Å². The van der Waals surface area contributed by atoms with Gasteiger partial charge in [-0.25, -0.2) is 0 Å². The van der Waals surface area contributed by atoms with Crippen molar-refractivity contribution in [2.45, 2.75) is 71.4 Å². The number of nitrogens with one attached hydrogen (secondary N) is 2. The molecule has 3 aliphatic rings. The molecule has 1 unspecified atom stereocenters. The van der Waals surface area contributed by atoms with E-state index in [0.29, 0.717) is 0 Å².